The summed E-state index contributed by atoms with van der Waals surface area (Å²) >= 11 is 0. The van der Waals surface area contributed by atoms with E-state index in [0.717, 1.165) is 28.7 Å². The molecule has 0 saturated carbocycles. The van der Waals surface area contributed by atoms with Gasteiger partial charge in [0.1, 0.15) is 12.4 Å². The highest BCUT2D eigenvalue weighted by Crippen LogP contribution is 2.32. The summed E-state index contributed by atoms with van der Waals surface area (Å²) in [5.74, 6) is -0.291. The Morgan fingerprint density at radius 3 is 2.62 bits per heavy atom. The first-order valence-corrected chi connectivity index (χ1v) is 12.7. The van der Waals surface area contributed by atoms with E-state index in [1.54, 1.807) is 30.5 Å². The maximum absolute atomic E-state index is 13.5. The predicted octanol–water partition coefficient (Wildman–Crippen LogP) is 3.20. The molecule has 0 radical (unpaired) electrons. The summed E-state index contributed by atoms with van der Waals surface area (Å²) < 4.78 is 0. The van der Waals surface area contributed by atoms with Crippen LogP contribution in [0.1, 0.15) is 41.3 Å². The fraction of sp³-hybridized carbons (Fsp3) is 0.241. The molecule has 1 aliphatic rings. The van der Waals surface area contributed by atoms with Crippen LogP contribution < -0.4 is 16.8 Å². The number of aliphatic hydroxyl groups excluding tert-OH is 1. The minimum atomic E-state index is -0.322. The Hall–Kier alpha value is -4.54. The van der Waals surface area contributed by atoms with Crippen LogP contribution in [-0.4, -0.2) is 52.5 Å². The van der Waals surface area contributed by atoms with Crippen LogP contribution in [-0.2, 0) is 16.2 Å². The van der Waals surface area contributed by atoms with Gasteiger partial charge < -0.3 is 21.9 Å². The number of carbonyl (C=O) groups is 2. The van der Waals surface area contributed by atoms with Crippen LogP contribution in [0.3, 0.4) is 0 Å². The van der Waals surface area contributed by atoms with Crippen LogP contribution in [0.2, 0.25) is 0 Å². The molecule has 3 aromatic rings. The number of fused-ring (bicyclic) bond motifs is 1. The molecule has 1 aromatic heterocycles. The molecule has 10 heteroatoms. The number of hydroxylamine groups is 2. The average Bonchev–Trinajstić information content (AvgIpc) is 3.12. The van der Waals surface area contributed by atoms with Gasteiger partial charge in [0, 0.05) is 54.3 Å². The second kappa shape index (κ2) is 12.8. The van der Waals surface area contributed by atoms with Gasteiger partial charge >= 0.3 is 0 Å². The number of nitrogen functional groups attached to an aromatic ring is 1. The molecule has 39 heavy (non-hydrogen) atoms. The van der Waals surface area contributed by atoms with Crippen molar-refractivity contribution >= 4 is 35.1 Å². The molecule has 2 aromatic carbocycles. The summed E-state index contributed by atoms with van der Waals surface area (Å²) in [5, 5.41) is 12.9. The van der Waals surface area contributed by atoms with E-state index >= 15 is 0 Å². The number of nitrogens with one attached hydrogen (secondary N) is 1. The number of pyridine rings is 1. The molecule has 0 saturated heterocycles. The Morgan fingerprint density at radius 1 is 1.08 bits per heavy atom. The molecule has 4 rings (SSSR count). The molecule has 1 aliphatic heterocycles. The van der Waals surface area contributed by atoms with Crippen molar-refractivity contribution in [2.75, 3.05) is 25.4 Å². The molecule has 0 unspecified atom stereocenters. The van der Waals surface area contributed by atoms with Crippen molar-refractivity contribution in [2.45, 2.75) is 26.4 Å². The van der Waals surface area contributed by atoms with Gasteiger partial charge in [-0.1, -0.05) is 31.2 Å². The second-order valence-electron chi connectivity index (χ2n) is 9.09. The van der Waals surface area contributed by atoms with Crippen molar-refractivity contribution in [1.29, 1.82) is 0 Å². The highest BCUT2D eigenvalue weighted by molar-refractivity contribution is 6.05. The summed E-state index contributed by atoms with van der Waals surface area (Å²) in [6.45, 7) is 2.63. The Kier molecular flexibility index (Phi) is 9.03. The van der Waals surface area contributed by atoms with E-state index in [9.17, 15) is 9.59 Å². The number of hydrogen-bond donors (Lipinski definition) is 4. The average molecular weight is 529 g/mol. The van der Waals surface area contributed by atoms with Gasteiger partial charge in [-0.2, -0.15) is 0 Å². The van der Waals surface area contributed by atoms with Crippen molar-refractivity contribution in [3.63, 3.8) is 0 Å². The number of nitrogens with two attached hydrogens (primary N) is 2. The highest BCUT2D eigenvalue weighted by Gasteiger charge is 2.22. The zero-order valence-electron chi connectivity index (χ0n) is 21.8. The van der Waals surface area contributed by atoms with Gasteiger partial charge in [0.15, 0.2) is 0 Å². The Morgan fingerprint density at radius 2 is 1.87 bits per heavy atom. The first-order chi connectivity index (χ1) is 18.9. The summed E-state index contributed by atoms with van der Waals surface area (Å²) in [6.07, 6.45) is 5.80. The molecular formula is C29H32N6O4. The van der Waals surface area contributed by atoms with Crippen LogP contribution in [0.5, 0.6) is 0 Å². The summed E-state index contributed by atoms with van der Waals surface area (Å²) in [4.78, 5) is 40.4. The van der Waals surface area contributed by atoms with E-state index in [1.165, 1.54) is 11.3 Å². The van der Waals surface area contributed by atoms with Gasteiger partial charge in [0.05, 0.1) is 17.9 Å². The van der Waals surface area contributed by atoms with E-state index in [1.807, 2.05) is 37.3 Å². The summed E-state index contributed by atoms with van der Waals surface area (Å²) in [7, 11) is 0. The van der Waals surface area contributed by atoms with E-state index in [-0.39, 0.29) is 38.0 Å². The van der Waals surface area contributed by atoms with Crippen molar-refractivity contribution in [3.8, 4) is 11.1 Å². The highest BCUT2D eigenvalue weighted by atomic mass is 16.7. The van der Waals surface area contributed by atoms with Gasteiger partial charge in [-0.15, -0.1) is 0 Å². The Labute approximate surface area is 227 Å². The fourth-order valence-corrected chi connectivity index (χ4v) is 4.06. The smallest absolute Gasteiger partial charge is 0.273 e. The number of amides is 2. The van der Waals surface area contributed by atoms with Crippen molar-refractivity contribution in [1.82, 2.24) is 15.4 Å². The van der Waals surface area contributed by atoms with Gasteiger partial charge in [0.25, 0.3) is 11.8 Å². The lowest BCUT2D eigenvalue weighted by Crippen LogP contribution is -2.34. The molecule has 10 nitrogen and oxygen atoms in total. The zero-order chi connectivity index (χ0) is 27.8. The lowest BCUT2D eigenvalue weighted by atomic mass is 10.0. The quantitative estimate of drug-likeness (QED) is 0.232. The number of aliphatic hydroxyl groups is 1. The predicted molar refractivity (Wildman–Crippen MR) is 151 cm³/mol. The summed E-state index contributed by atoms with van der Waals surface area (Å²) in [5.41, 5.74) is 17.2. The summed E-state index contributed by atoms with van der Waals surface area (Å²) in [6, 6.07) is 14.6. The zero-order valence-corrected chi connectivity index (χ0v) is 21.8. The number of aromatic nitrogens is 1. The van der Waals surface area contributed by atoms with Gasteiger partial charge in [-0.25, -0.2) is 10.1 Å². The number of rotatable bonds is 10. The maximum Gasteiger partial charge on any atom is 0.273 e. The molecule has 6 N–H and O–H groups in total. The van der Waals surface area contributed by atoms with Gasteiger partial charge in [-0.05, 0) is 47.9 Å². The van der Waals surface area contributed by atoms with Crippen molar-refractivity contribution in [2.24, 2.45) is 10.7 Å². The van der Waals surface area contributed by atoms with Crippen LogP contribution in [0.4, 0.5) is 11.4 Å². The van der Waals surface area contributed by atoms with E-state index < -0.39 is 0 Å². The van der Waals surface area contributed by atoms with E-state index in [4.69, 9.17) is 21.4 Å². The topological polar surface area (TPSA) is 156 Å². The number of nitrogens with zero attached hydrogens (tertiary/aromatic N) is 3. The Bertz CT molecular complexity index is 1400. The van der Waals surface area contributed by atoms with Crippen LogP contribution in [0, 0.1) is 0 Å². The first-order valence-electron chi connectivity index (χ1n) is 12.7. The monoisotopic (exact) mass is 528 g/mol. The van der Waals surface area contributed by atoms with Crippen LogP contribution in [0.15, 0.2) is 71.5 Å². The van der Waals surface area contributed by atoms with Crippen molar-refractivity contribution in [3.05, 3.63) is 83.2 Å². The minimum Gasteiger partial charge on any atom is -0.399 e. The lowest BCUT2D eigenvalue weighted by Gasteiger charge is -2.22. The van der Waals surface area contributed by atoms with Crippen LogP contribution >= 0.6 is 0 Å². The second-order valence-corrected chi connectivity index (χ2v) is 9.09. The third-order valence-electron chi connectivity index (χ3n) is 6.02. The molecule has 0 bridgehead atoms. The van der Waals surface area contributed by atoms with Crippen molar-refractivity contribution < 1.29 is 19.5 Å². The fourth-order valence-electron chi connectivity index (χ4n) is 4.06. The number of benzene rings is 2. The minimum absolute atomic E-state index is 0.147. The van der Waals surface area contributed by atoms with Gasteiger partial charge in [-0.3, -0.25) is 19.4 Å². The molecule has 202 valence electrons. The third-order valence-corrected chi connectivity index (χ3v) is 6.02. The van der Waals surface area contributed by atoms with Gasteiger partial charge in [0.2, 0.25) is 0 Å². The molecule has 0 aliphatic carbocycles. The normalized spacial score (nSPS) is 12.6. The van der Waals surface area contributed by atoms with Crippen LogP contribution in [0.25, 0.3) is 17.2 Å². The standard InChI is InChI=1S/C29H32N6O4/c1-2-10-35(39-18-19-3-7-25(30)8-4-19)29(38)22-12-21-6-5-20(14-26(21)34-27(31)15-22)23-13-24(17-32-16-23)28(37)33-9-11-36/h3-8,12-14,16-17,36H,2,9-11,15,18,30H2,1H3,(H2,31,34)(H,33,37). The third kappa shape index (κ3) is 7.07. The number of hydrogen-bond acceptors (Lipinski definition) is 8. The molecule has 0 fully saturated rings. The maximum atomic E-state index is 13.5. The van der Waals surface area contributed by atoms with E-state index in [0.29, 0.717) is 34.9 Å². The number of carbonyl (C=O) groups excluding carboxylic acids is 2. The largest absolute Gasteiger partial charge is 0.399 e. The molecule has 0 atom stereocenters. The molecule has 2 amide bonds. The SMILES string of the molecule is CCCN(OCc1ccc(N)cc1)C(=O)C1=Cc2ccc(-c3cncc(C(=O)NCCO)c3)cc2N=C(N)C1. The Balaban J connectivity index is 1.57. The first kappa shape index (κ1) is 27.5. The lowest BCUT2D eigenvalue weighted by molar-refractivity contribution is -0.187. The number of anilines is 1. The molecular weight excluding hydrogens is 496 g/mol. The number of amidine groups is 1. The van der Waals surface area contributed by atoms with E-state index in [2.05, 4.69) is 15.3 Å². The molecule has 0 spiro atoms. The molecule has 2 heterocycles. The number of aliphatic imine (C=N–C) groups is 1.